The Morgan fingerprint density at radius 2 is 2.15 bits per heavy atom. The zero-order valence-corrected chi connectivity index (χ0v) is 19.3. The maximum atomic E-state index is 15.0. The highest BCUT2D eigenvalue weighted by molar-refractivity contribution is 8.15. The fraction of sp³-hybridized carbons (Fsp3) is 0.478. The number of ether oxygens (including phenoxy) is 2. The molecule has 5 rings (SSSR count). The summed E-state index contributed by atoms with van der Waals surface area (Å²) in [6, 6.07) is 4.47. The number of amides is 1. The van der Waals surface area contributed by atoms with Gasteiger partial charge in [-0.25, -0.2) is 14.4 Å². The molecule has 3 N–H and O–H groups in total. The number of carbonyl (C=O) groups excluding carboxylic acids is 1. The van der Waals surface area contributed by atoms with Gasteiger partial charge in [-0.15, -0.1) is 0 Å². The van der Waals surface area contributed by atoms with Crippen molar-refractivity contribution in [2.45, 2.75) is 36.5 Å². The van der Waals surface area contributed by atoms with Gasteiger partial charge < -0.3 is 20.5 Å². The normalized spacial score (nSPS) is 28.0. The molecule has 2 aliphatic carbocycles. The van der Waals surface area contributed by atoms with Crippen molar-refractivity contribution in [1.82, 2.24) is 9.97 Å². The smallest absolute Gasteiger partial charge is 0.275 e. The number of amidine groups is 1. The maximum absolute atomic E-state index is 15.0. The molecule has 1 amide bonds. The second-order valence-corrected chi connectivity index (χ2v) is 10.5. The van der Waals surface area contributed by atoms with E-state index in [1.54, 1.807) is 13.2 Å². The van der Waals surface area contributed by atoms with Gasteiger partial charge in [0, 0.05) is 24.3 Å². The van der Waals surface area contributed by atoms with Gasteiger partial charge in [-0.05, 0) is 50.3 Å². The minimum atomic E-state index is -0.848. The molecule has 1 aromatic heterocycles. The van der Waals surface area contributed by atoms with E-state index in [-0.39, 0.29) is 16.4 Å². The van der Waals surface area contributed by atoms with E-state index in [1.165, 1.54) is 49.1 Å². The average molecular weight is 472 g/mol. The molecule has 2 saturated carbocycles. The second-order valence-electron chi connectivity index (χ2n) is 9.10. The number of aromatic nitrogens is 2. The van der Waals surface area contributed by atoms with Gasteiger partial charge >= 0.3 is 0 Å². The molecule has 3 aliphatic rings. The van der Waals surface area contributed by atoms with Crippen LogP contribution in [0.1, 0.15) is 42.2 Å². The molecule has 3 atom stereocenters. The number of fused-ring (bicyclic) bond motifs is 1. The summed E-state index contributed by atoms with van der Waals surface area (Å²) in [5.41, 5.74) is 6.25. The predicted octanol–water partition coefficient (Wildman–Crippen LogP) is 3.34. The Bertz CT molecular complexity index is 1110. The molecule has 1 aromatic carbocycles. The molecule has 0 unspecified atom stereocenters. The minimum absolute atomic E-state index is 0.0803. The Labute approximate surface area is 195 Å². The largest absolute Gasteiger partial charge is 0.476 e. The van der Waals surface area contributed by atoms with E-state index in [0.29, 0.717) is 41.4 Å². The van der Waals surface area contributed by atoms with E-state index in [1.807, 2.05) is 6.92 Å². The third-order valence-corrected chi connectivity index (χ3v) is 7.81. The molecule has 8 nitrogen and oxygen atoms in total. The monoisotopic (exact) mass is 471 g/mol. The Balaban J connectivity index is 1.33. The van der Waals surface area contributed by atoms with Gasteiger partial charge in [-0.1, -0.05) is 11.8 Å². The first-order chi connectivity index (χ1) is 15.8. The highest BCUT2D eigenvalue weighted by Gasteiger charge is 2.66. The van der Waals surface area contributed by atoms with Crippen LogP contribution < -0.4 is 15.8 Å². The molecular formula is C23H26FN5O3S. The number of nitrogens with one attached hydrogen (secondary N) is 1. The average Bonchev–Trinajstić information content (AvgIpc) is 3.70. The molecule has 0 radical (unpaired) electrons. The summed E-state index contributed by atoms with van der Waals surface area (Å²) in [6.07, 6.45) is 5.99. The molecule has 33 heavy (non-hydrogen) atoms. The first-order valence-corrected chi connectivity index (χ1v) is 11.7. The lowest BCUT2D eigenvalue weighted by Crippen LogP contribution is -2.37. The highest BCUT2D eigenvalue weighted by atomic mass is 32.2. The van der Waals surface area contributed by atoms with Gasteiger partial charge in [0.2, 0.25) is 5.88 Å². The summed E-state index contributed by atoms with van der Waals surface area (Å²) in [4.78, 5) is 25.6. The van der Waals surface area contributed by atoms with Crippen LogP contribution >= 0.6 is 11.8 Å². The summed E-state index contributed by atoms with van der Waals surface area (Å²) in [5, 5.41) is 3.19. The first-order valence-electron chi connectivity index (χ1n) is 10.9. The summed E-state index contributed by atoms with van der Waals surface area (Å²) >= 11 is 1.50. The van der Waals surface area contributed by atoms with Crippen molar-refractivity contribution in [3.05, 3.63) is 47.7 Å². The van der Waals surface area contributed by atoms with Gasteiger partial charge in [-0.2, -0.15) is 0 Å². The standard InChI is InChI=1S/C23H26FN5O3S/c1-22(18-8-23(18,12-31-2)33-21(25)29-22)15-7-14(5-6-16(15)24)28-20(30)17-9-27-19(10-26-17)32-11-13-3-4-13/h5-7,9-10,13,18H,3-4,8,11-12H2,1-2H3,(H2,25,29)(H,28,30)/t18-,22-,23+/m0/s1. The Kier molecular flexibility index (Phi) is 5.52. The van der Waals surface area contributed by atoms with Crippen LogP contribution in [0.25, 0.3) is 0 Å². The molecule has 0 spiro atoms. The fourth-order valence-electron chi connectivity index (χ4n) is 4.51. The summed E-state index contributed by atoms with van der Waals surface area (Å²) in [6.45, 7) is 3.03. The van der Waals surface area contributed by atoms with E-state index in [0.717, 1.165) is 6.42 Å². The Hall–Kier alpha value is -2.72. The van der Waals surface area contributed by atoms with Gasteiger partial charge in [0.25, 0.3) is 5.91 Å². The molecule has 174 valence electrons. The number of rotatable bonds is 8. The van der Waals surface area contributed by atoms with Crippen molar-refractivity contribution in [3.63, 3.8) is 0 Å². The molecule has 0 bridgehead atoms. The number of anilines is 1. The maximum Gasteiger partial charge on any atom is 0.275 e. The first kappa shape index (κ1) is 22.1. The van der Waals surface area contributed by atoms with Gasteiger partial charge in [-0.3, -0.25) is 9.79 Å². The molecule has 0 saturated heterocycles. The third kappa shape index (κ3) is 4.29. The molecule has 2 heterocycles. The SMILES string of the molecule is COC[C@]12C[C@H]1[C@](C)(c1cc(NC(=O)c3cnc(OCC4CC4)cn3)ccc1F)N=C(N)S2. The van der Waals surface area contributed by atoms with Gasteiger partial charge in [0.15, 0.2) is 5.17 Å². The van der Waals surface area contributed by atoms with E-state index >= 15 is 0 Å². The van der Waals surface area contributed by atoms with Crippen molar-refractivity contribution >= 4 is 28.5 Å². The molecular weight excluding hydrogens is 445 g/mol. The number of aliphatic imine (C=N–C) groups is 1. The van der Waals surface area contributed by atoms with E-state index in [9.17, 15) is 9.18 Å². The Morgan fingerprint density at radius 1 is 1.33 bits per heavy atom. The minimum Gasteiger partial charge on any atom is -0.476 e. The summed E-state index contributed by atoms with van der Waals surface area (Å²) in [5.74, 6) is 0.235. The van der Waals surface area contributed by atoms with Crippen molar-refractivity contribution in [1.29, 1.82) is 0 Å². The summed E-state index contributed by atoms with van der Waals surface area (Å²) < 4.78 is 25.7. The van der Waals surface area contributed by atoms with Crippen LogP contribution in [0.5, 0.6) is 5.88 Å². The zero-order chi connectivity index (χ0) is 23.2. The number of hydrogen-bond acceptors (Lipinski definition) is 8. The lowest BCUT2D eigenvalue weighted by molar-refractivity contribution is 0.102. The number of benzene rings is 1. The van der Waals surface area contributed by atoms with Crippen molar-refractivity contribution in [3.8, 4) is 5.88 Å². The van der Waals surface area contributed by atoms with Crippen LogP contribution in [0.2, 0.25) is 0 Å². The number of carbonyl (C=O) groups is 1. The van der Waals surface area contributed by atoms with E-state index in [2.05, 4.69) is 20.3 Å². The van der Waals surface area contributed by atoms with Crippen molar-refractivity contribution in [2.24, 2.45) is 22.6 Å². The number of nitrogens with zero attached hydrogens (tertiary/aromatic N) is 3. The van der Waals surface area contributed by atoms with Crippen LogP contribution in [-0.4, -0.2) is 46.1 Å². The lowest BCUT2D eigenvalue weighted by Gasteiger charge is -2.34. The quantitative estimate of drug-likeness (QED) is 0.607. The summed E-state index contributed by atoms with van der Waals surface area (Å²) in [7, 11) is 1.65. The van der Waals surface area contributed by atoms with Crippen LogP contribution in [0.15, 0.2) is 35.6 Å². The second kappa shape index (κ2) is 8.25. The molecule has 2 fully saturated rings. The topological polar surface area (TPSA) is 112 Å². The molecule has 10 heteroatoms. The number of halogens is 1. The van der Waals surface area contributed by atoms with Gasteiger partial charge in [0.05, 0.1) is 35.9 Å². The van der Waals surface area contributed by atoms with Crippen molar-refractivity contribution < 1.29 is 18.7 Å². The highest BCUT2D eigenvalue weighted by Crippen LogP contribution is 2.66. The third-order valence-electron chi connectivity index (χ3n) is 6.54. The number of hydrogen-bond donors (Lipinski definition) is 2. The number of nitrogens with two attached hydrogens (primary N) is 1. The van der Waals surface area contributed by atoms with Crippen molar-refractivity contribution in [2.75, 3.05) is 25.6 Å². The fourth-order valence-corrected chi connectivity index (χ4v) is 5.96. The van der Waals surface area contributed by atoms with Crippen LogP contribution in [-0.2, 0) is 10.3 Å². The van der Waals surface area contributed by atoms with Crippen LogP contribution in [0.3, 0.4) is 0 Å². The number of methoxy groups -OCH3 is 1. The van der Waals surface area contributed by atoms with Crippen LogP contribution in [0, 0.1) is 17.7 Å². The Morgan fingerprint density at radius 3 is 2.85 bits per heavy atom. The van der Waals surface area contributed by atoms with Gasteiger partial charge in [0.1, 0.15) is 11.5 Å². The lowest BCUT2D eigenvalue weighted by atomic mass is 9.85. The van der Waals surface area contributed by atoms with E-state index in [4.69, 9.17) is 15.2 Å². The predicted molar refractivity (Wildman–Crippen MR) is 124 cm³/mol. The zero-order valence-electron chi connectivity index (χ0n) is 18.5. The van der Waals surface area contributed by atoms with E-state index < -0.39 is 17.3 Å². The molecule has 2 aromatic rings. The number of thioether (sulfide) groups is 1. The van der Waals surface area contributed by atoms with Crippen LogP contribution in [0.4, 0.5) is 10.1 Å². The molecule has 1 aliphatic heterocycles.